The summed E-state index contributed by atoms with van der Waals surface area (Å²) in [5.41, 5.74) is 7.40. The lowest BCUT2D eigenvalue weighted by Crippen LogP contribution is -2.01. The van der Waals surface area contributed by atoms with Crippen LogP contribution >= 0.6 is 11.3 Å². The molecule has 94 valence electrons. The van der Waals surface area contributed by atoms with E-state index in [1.165, 1.54) is 11.3 Å². The Labute approximate surface area is 109 Å². The highest BCUT2D eigenvalue weighted by Crippen LogP contribution is 2.38. The topological polar surface area (TPSA) is 72.5 Å². The summed E-state index contributed by atoms with van der Waals surface area (Å²) in [5, 5.41) is 9.57. The van der Waals surface area contributed by atoms with Crippen molar-refractivity contribution < 1.29 is 14.6 Å². The summed E-state index contributed by atoms with van der Waals surface area (Å²) in [7, 11) is 1.58. The molecule has 4 nitrogen and oxygen atoms in total. The lowest BCUT2D eigenvalue weighted by molar-refractivity contribution is 0.0699. The number of anilines is 1. The summed E-state index contributed by atoms with van der Waals surface area (Å²) >= 11 is 1.29. The Morgan fingerprint density at radius 2 is 2.17 bits per heavy atom. The number of nitrogens with two attached hydrogens (primary N) is 1. The first-order valence-corrected chi connectivity index (χ1v) is 6.12. The number of nitrogen functional groups attached to an aromatic ring is 1. The molecule has 0 bridgehead atoms. The van der Waals surface area contributed by atoms with E-state index in [0.717, 1.165) is 10.4 Å². The Hall–Kier alpha value is -2.01. The molecule has 0 aliphatic heterocycles. The number of ether oxygens (including phenoxy) is 1. The van der Waals surface area contributed by atoms with E-state index in [1.807, 2.05) is 25.1 Å². The molecule has 1 aromatic carbocycles. The summed E-state index contributed by atoms with van der Waals surface area (Å²) in [6.07, 6.45) is 0. The molecule has 0 radical (unpaired) electrons. The Kier molecular flexibility index (Phi) is 3.25. The van der Waals surface area contributed by atoms with Gasteiger partial charge in [0.25, 0.3) is 0 Å². The van der Waals surface area contributed by atoms with Gasteiger partial charge in [0.05, 0.1) is 7.11 Å². The third-order valence-electron chi connectivity index (χ3n) is 2.68. The van der Waals surface area contributed by atoms with Gasteiger partial charge in [0, 0.05) is 10.4 Å². The van der Waals surface area contributed by atoms with Gasteiger partial charge in [-0.25, -0.2) is 4.79 Å². The zero-order chi connectivity index (χ0) is 13.3. The maximum absolute atomic E-state index is 11.3. The van der Waals surface area contributed by atoms with E-state index in [4.69, 9.17) is 10.5 Å². The second-order valence-electron chi connectivity index (χ2n) is 3.81. The zero-order valence-electron chi connectivity index (χ0n) is 10.1. The molecule has 0 fully saturated rings. The van der Waals surface area contributed by atoms with Gasteiger partial charge in [-0.2, -0.15) is 0 Å². The van der Waals surface area contributed by atoms with Crippen LogP contribution in [-0.4, -0.2) is 18.2 Å². The molecule has 18 heavy (non-hydrogen) atoms. The number of aromatic carboxylic acids is 1. The SMILES string of the molecule is COc1cccc(-c2c(C)sc(N)c2C(=O)O)c1. The van der Waals surface area contributed by atoms with E-state index in [0.29, 0.717) is 16.3 Å². The van der Waals surface area contributed by atoms with Crippen LogP contribution in [0.4, 0.5) is 5.00 Å². The van der Waals surface area contributed by atoms with Gasteiger partial charge in [-0.3, -0.25) is 0 Å². The number of hydrogen-bond acceptors (Lipinski definition) is 4. The highest BCUT2D eigenvalue weighted by atomic mass is 32.1. The first kappa shape index (κ1) is 12.4. The molecule has 0 saturated carbocycles. The highest BCUT2D eigenvalue weighted by molar-refractivity contribution is 7.16. The van der Waals surface area contributed by atoms with Crippen molar-refractivity contribution in [3.05, 3.63) is 34.7 Å². The number of carboxylic acid groups (broad SMARTS) is 1. The van der Waals surface area contributed by atoms with Crippen LogP contribution in [0.5, 0.6) is 5.75 Å². The van der Waals surface area contributed by atoms with Crippen LogP contribution in [0.1, 0.15) is 15.2 Å². The molecule has 1 aromatic heterocycles. The number of carboxylic acids is 1. The van der Waals surface area contributed by atoms with E-state index in [9.17, 15) is 9.90 Å². The molecule has 0 saturated heterocycles. The number of methoxy groups -OCH3 is 1. The molecule has 0 aliphatic rings. The fraction of sp³-hybridized carbons (Fsp3) is 0.154. The number of carbonyl (C=O) groups is 1. The Balaban J connectivity index is 2.66. The van der Waals surface area contributed by atoms with E-state index in [-0.39, 0.29) is 5.56 Å². The predicted molar refractivity (Wildman–Crippen MR) is 72.4 cm³/mol. The molecule has 3 N–H and O–H groups in total. The summed E-state index contributed by atoms with van der Waals surface area (Å²) < 4.78 is 5.15. The fourth-order valence-electron chi connectivity index (χ4n) is 1.90. The zero-order valence-corrected chi connectivity index (χ0v) is 10.9. The van der Waals surface area contributed by atoms with Crippen LogP contribution in [0.25, 0.3) is 11.1 Å². The van der Waals surface area contributed by atoms with Gasteiger partial charge < -0.3 is 15.6 Å². The van der Waals surface area contributed by atoms with E-state index >= 15 is 0 Å². The molecule has 5 heteroatoms. The van der Waals surface area contributed by atoms with Crippen molar-refractivity contribution >= 4 is 22.3 Å². The van der Waals surface area contributed by atoms with Crippen LogP contribution in [0, 0.1) is 6.92 Å². The van der Waals surface area contributed by atoms with Crippen LogP contribution in [0.3, 0.4) is 0 Å². The second-order valence-corrected chi connectivity index (χ2v) is 5.07. The third-order valence-corrected chi connectivity index (χ3v) is 3.62. The lowest BCUT2D eigenvalue weighted by Gasteiger charge is -2.06. The second kappa shape index (κ2) is 4.70. The van der Waals surface area contributed by atoms with Crippen molar-refractivity contribution in [1.29, 1.82) is 0 Å². The van der Waals surface area contributed by atoms with Gasteiger partial charge in [-0.15, -0.1) is 11.3 Å². The van der Waals surface area contributed by atoms with Crippen LogP contribution in [-0.2, 0) is 0 Å². The number of benzene rings is 1. The largest absolute Gasteiger partial charge is 0.497 e. The van der Waals surface area contributed by atoms with E-state index in [1.54, 1.807) is 13.2 Å². The normalized spacial score (nSPS) is 10.3. The summed E-state index contributed by atoms with van der Waals surface area (Å²) in [4.78, 5) is 12.2. The number of aryl methyl sites for hydroxylation is 1. The van der Waals surface area contributed by atoms with Crippen molar-refractivity contribution in [1.82, 2.24) is 0 Å². The van der Waals surface area contributed by atoms with E-state index < -0.39 is 5.97 Å². The van der Waals surface area contributed by atoms with Crippen molar-refractivity contribution in [2.75, 3.05) is 12.8 Å². The molecule has 0 spiro atoms. The smallest absolute Gasteiger partial charge is 0.339 e. The number of hydrogen-bond donors (Lipinski definition) is 2. The fourth-order valence-corrected chi connectivity index (χ4v) is 2.85. The van der Waals surface area contributed by atoms with Crippen molar-refractivity contribution in [3.63, 3.8) is 0 Å². The first-order valence-electron chi connectivity index (χ1n) is 5.31. The maximum Gasteiger partial charge on any atom is 0.339 e. The molecule has 1 heterocycles. The lowest BCUT2D eigenvalue weighted by atomic mass is 10.0. The number of thiophene rings is 1. The standard InChI is InChI=1S/C13H13NO3S/c1-7-10(11(13(15)16)12(14)18-7)8-4-3-5-9(6-8)17-2/h3-6H,14H2,1-2H3,(H,15,16). The van der Waals surface area contributed by atoms with Gasteiger partial charge in [0.15, 0.2) is 0 Å². The molecular formula is C13H13NO3S. The van der Waals surface area contributed by atoms with Crippen LogP contribution in [0.15, 0.2) is 24.3 Å². The summed E-state index contributed by atoms with van der Waals surface area (Å²) in [5.74, 6) is -0.317. The monoisotopic (exact) mass is 263 g/mol. The highest BCUT2D eigenvalue weighted by Gasteiger charge is 2.21. The molecule has 0 aliphatic carbocycles. The van der Waals surface area contributed by atoms with Crippen molar-refractivity contribution in [2.45, 2.75) is 6.92 Å². The Bertz CT molecular complexity index is 604. The Morgan fingerprint density at radius 1 is 1.44 bits per heavy atom. The minimum atomic E-state index is -1.00. The van der Waals surface area contributed by atoms with Crippen LogP contribution in [0.2, 0.25) is 0 Å². The molecule has 0 unspecified atom stereocenters. The third kappa shape index (κ3) is 2.04. The van der Waals surface area contributed by atoms with Crippen molar-refractivity contribution in [2.24, 2.45) is 0 Å². The van der Waals surface area contributed by atoms with Gasteiger partial charge in [0.1, 0.15) is 16.3 Å². The molecule has 2 aromatic rings. The van der Waals surface area contributed by atoms with Crippen LogP contribution < -0.4 is 10.5 Å². The quantitative estimate of drug-likeness (QED) is 0.892. The molecule has 0 atom stereocenters. The molecular weight excluding hydrogens is 250 g/mol. The van der Waals surface area contributed by atoms with E-state index in [2.05, 4.69) is 0 Å². The van der Waals surface area contributed by atoms with Gasteiger partial charge in [0.2, 0.25) is 0 Å². The minimum Gasteiger partial charge on any atom is -0.497 e. The summed E-state index contributed by atoms with van der Waals surface area (Å²) in [6.45, 7) is 1.86. The average molecular weight is 263 g/mol. The average Bonchev–Trinajstić information content (AvgIpc) is 2.64. The minimum absolute atomic E-state index is 0.172. The number of rotatable bonds is 3. The molecule has 0 amide bonds. The molecule has 2 rings (SSSR count). The van der Waals surface area contributed by atoms with Gasteiger partial charge in [-0.1, -0.05) is 12.1 Å². The maximum atomic E-state index is 11.3. The van der Waals surface area contributed by atoms with Crippen molar-refractivity contribution in [3.8, 4) is 16.9 Å². The van der Waals surface area contributed by atoms with Gasteiger partial charge >= 0.3 is 5.97 Å². The summed E-state index contributed by atoms with van der Waals surface area (Å²) in [6, 6.07) is 7.30. The Morgan fingerprint density at radius 3 is 2.78 bits per heavy atom. The first-order chi connectivity index (χ1) is 8.54. The van der Waals surface area contributed by atoms with Gasteiger partial charge in [-0.05, 0) is 24.6 Å². The predicted octanol–water partition coefficient (Wildman–Crippen LogP) is 3.01.